The van der Waals surface area contributed by atoms with Crippen molar-refractivity contribution in [3.8, 4) is 0 Å². The smallest absolute Gasteiger partial charge is 0.253 e. The summed E-state index contributed by atoms with van der Waals surface area (Å²) in [6.07, 6.45) is 0.823. The lowest BCUT2D eigenvalue weighted by molar-refractivity contribution is 0.249. The molecule has 0 radical (unpaired) electrons. The van der Waals surface area contributed by atoms with Crippen molar-refractivity contribution in [2.45, 2.75) is 13.0 Å². The van der Waals surface area contributed by atoms with Crippen LogP contribution < -0.4 is 21.1 Å². The lowest BCUT2D eigenvalue weighted by atomic mass is 10.1. The van der Waals surface area contributed by atoms with Crippen LogP contribution in [0.25, 0.3) is 0 Å². The molecular weight excluding hydrogens is 350 g/mol. The highest BCUT2D eigenvalue weighted by molar-refractivity contribution is 5.75. The van der Waals surface area contributed by atoms with Gasteiger partial charge >= 0.3 is 0 Å². The molecule has 1 fully saturated rings. The van der Waals surface area contributed by atoms with Gasteiger partial charge in [-0.1, -0.05) is 60.7 Å². The lowest BCUT2D eigenvalue weighted by Gasteiger charge is -2.37. The number of nitrogens with zero attached hydrogens (tertiary/aromatic N) is 2. The SMILES string of the molecule is O=c1c(NCCc2ccccc2)c(N2CCN(Cc3ccccc3)CC2)c1=O. The van der Waals surface area contributed by atoms with Crippen LogP contribution in [-0.2, 0) is 13.0 Å². The fourth-order valence-corrected chi connectivity index (χ4v) is 3.79. The van der Waals surface area contributed by atoms with Crippen LogP contribution >= 0.6 is 0 Å². The Hall–Kier alpha value is -2.92. The second-order valence-electron chi connectivity index (χ2n) is 7.29. The van der Waals surface area contributed by atoms with Gasteiger partial charge in [-0.25, -0.2) is 0 Å². The van der Waals surface area contributed by atoms with E-state index in [0.29, 0.717) is 17.9 Å². The average molecular weight is 375 g/mol. The van der Waals surface area contributed by atoms with E-state index >= 15 is 0 Å². The Morgan fingerprint density at radius 1 is 0.750 bits per heavy atom. The third-order valence-corrected chi connectivity index (χ3v) is 5.38. The molecule has 0 unspecified atom stereocenters. The van der Waals surface area contributed by atoms with E-state index < -0.39 is 0 Å². The van der Waals surface area contributed by atoms with Crippen LogP contribution in [0.15, 0.2) is 70.3 Å². The molecule has 0 bridgehead atoms. The zero-order chi connectivity index (χ0) is 19.3. The molecule has 4 rings (SSSR count). The van der Waals surface area contributed by atoms with E-state index in [4.69, 9.17) is 0 Å². The Morgan fingerprint density at radius 3 is 2.00 bits per heavy atom. The van der Waals surface area contributed by atoms with Crippen molar-refractivity contribution in [1.29, 1.82) is 0 Å². The van der Waals surface area contributed by atoms with E-state index in [0.717, 1.165) is 39.1 Å². The largest absolute Gasteiger partial charge is 0.380 e. The Morgan fingerprint density at radius 2 is 1.36 bits per heavy atom. The van der Waals surface area contributed by atoms with E-state index in [-0.39, 0.29) is 10.9 Å². The zero-order valence-electron chi connectivity index (χ0n) is 15.9. The van der Waals surface area contributed by atoms with E-state index in [1.165, 1.54) is 11.1 Å². The molecule has 3 aromatic carbocycles. The van der Waals surface area contributed by atoms with Crippen molar-refractivity contribution in [3.05, 3.63) is 92.2 Å². The summed E-state index contributed by atoms with van der Waals surface area (Å²) in [5.41, 5.74) is 2.86. The fourth-order valence-electron chi connectivity index (χ4n) is 3.79. The van der Waals surface area contributed by atoms with Crippen LogP contribution in [0.1, 0.15) is 11.1 Å². The van der Waals surface area contributed by atoms with E-state index in [2.05, 4.69) is 51.5 Å². The predicted octanol–water partition coefficient (Wildman–Crippen LogP) is 2.26. The van der Waals surface area contributed by atoms with Gasteiger partial charge in [-0.05, 0) is 17.5 Å². The molecule has 3 aromatic rings. The molecule has 1 aliphatic heterocycles. The van der Waals surface area contributed by atoms with Gasteiger partial charge in [0.25, 0.3) is 10.9 Å². The van der Waals surface area contributed by atoms with E-state index in [1.807, 2.05) is 24.3 Å². The number of hydrogen-bond donors (Lipinski definition) is 1. The summed E-state index contributed by atoms with van der Waals surface area (Å²) in [5, 5.41) is 3.20. The van der Waals surface area contributed by atoms with Crippen LogP contribution in [-0.4, -0.2) is 37.6 Å². The second-order valence-corrected chi connectivity index (χ2v) is 7.29. The van der Waals surface area contributed by atoms with Crippen LogP contribution in [0.4, 0.5) is 11.4 Å². The van der Waals surface area contributed by atoms with Crippen LogP contribution in [0.5, 0.6) is 0 Å². The molecule has 0 aliphatic carbocycles. The third-order valence-electron chi connectivity index (χ3n) is 5.38. The van der Waals surface area contributed by atoms with Gasteiger partial charge in [0, 0.05) is 39.3 Å². The molecule has 144 valence electrons. The molecule has 5 heteroatoms. The number of rotatable bonds is 7. The van der Waals surface area contributed by atoms with Gasteiger partial charge in [0.05, 0.1) is 0 Å². The number of hydrogen-bond acceptors (Lipinski definition) is 5. The van der Waals surface area contributed by atoms with Gasteiger partial charge in [0.2, 0.25) is 0 Å². The number of nitrogens with one attached hydrogen (secondary N) is 1. The van der Waals surface area contributed by atoms with Crippen molar-refractivity contribution in [2.75, 3.05) is 42.9 Å². The molecule has 0 atom stereocenters. The molecule has 0 saturated carbocycles. The normalized spacial score (nSPS) is 15.1. The Kier molecular flexibility index (Phi) is 5.53. The van der Waals surface area contributed by atoms with Crippen molar-refractivity contribution in [1.82, 2.24) is 4.90 Å². The second kappa shape index (κ2) is 8.40. The highest BCUT2D eigenvalue weighted by Crippen LogP contribution is 2.22. The third kappa shape index (κ3) is 3.99. The molecular formula is C23H25N3O2. The van der Waals surface area contributed by atoms with Gasteiger partial charge in [-0.3, -0.25) is 14.5 Å². The maximum Gasteiger partial charge on any atom is 0.253 e. The lowest BCUT2D eigenvalue weighted by Crippen LogP contribution is -2.51. The first-order chi connectivity index (χ1) is 13.7. The number of benzene rings is 2. The molecule has 1 heterocycles. The average Bonchev–Trinajstić information content (AvgIpc) is 2.75. The van der Waals surface area contributed by atoms with Crippen molar-refractivity contribution >= 4 is 11.4 Å². The molecule has 0 spiro atoms. The minimum atomic E-state index is -0.380. The van der Waals surface area contributed by atoms with Gasteiger partial charge in [0.1, 0.15) is 11.4 Å². The first-order valence-electron chi connectivity index (χ1n) is 9.85. The summed E-state index contributed by atoms with van der Waals surface area (Å²) in [4.78, 5) is 28.7. The first-order valence-corrected chi connectivity index (χ1v) is 9.85. The number of piperazine rings is 1. The molecule has 1 aliphatic rings. The summed E-state index contributed by atoms with van der Waals surface area (Å²) in [5.74, 6) is 0. The maximum absolute atomic E-state index is 12.2. The minimum absolute atomic E-state index is 0.348. The molecule has 0 aromatic heterocycles. The molecule has 28 heavy (non-hydrogen) atoms. The minimum Gasteiger partial charge on any atom is -0.380 e. The number of anilines is 2. The Labute approximate surface area is 164 Å². The Bertz CT molecular complexity index is 970. The summed E-state index contributed by atoms with van der Waals surface area (Å²) in [7, 11) is 0. The first kappa shape index (κ1) is 18.4. The topological polar surface area (TPSA) is 52.7 Å². The summed E-state index contributed by atoms with van der Waals surface area (Å²) < 4.78 is 0. The Balaban J connectivity index is 1.33. The molecule has 1 N–H and O–H groups in total. The van der Waals surface area contributed by atoms with Crippen LogP contribution in [0.3, 0.4) is 0 Å². The van der Waals surface area contributed by atoms with Crippen LogP contribution in [0.2, 0.25) is 0 Å². The van der Waals surface area contributed by atoms with Crippen LogP contribution in [0, 0.1) is 0 Å². The van der Waals surface area contributed by atoms with E-state index in [1.54, 1.807) is 0 Å². The van der Waals surface area contributed by atoms with Crippen molar-refractivity contribution in [3.63, 3.8) is 0 Å². The quantitative estimate of drug-likeness (QED) is 0.642. The van der Waals surface area contributed by atoms with Gasteiger partial charge in [0.15, 0.2) is 0 Å². The van der Waals surface area contributed by atoms with Gasteiger partial charge in [-0.2, -0.15) is 0 Å². The monoisotopic (exact) mass is 375 g/mol. The zero-order valence-corrected chi connectivity index (χ0v) is 15.9. The van der Waals surface area contributed by atoms with Crippen molar-refractivity contribution in [2.24, 2.45) is 0 Å². The predicted molar refractivity (Wildman–Crippen MR) is 114 cm³/mol. The summed E-state index contributed by atoms with van der Waals surface area (Å²) in [6, 6.07) is 20.6. The molecule has 1 saturated heterocycles. The van der Waals surface area contributed by atoms with Crippen molar-refractivity contribution < 1.29 is 0 Å². The summed E-state index contributed by atoms with van der Waals surface area (Å²) >= 11 is 0. The molecule has 5 nitrogen and oxygen atoms in total. The van der Waals surface area contributed by atoms with Gasteiger partial charge < -0.3 is 10.2 Å². The molecule has 0 amide bonds. The van der Waals surface area contributed by atoms with E-state index in [9.17, 15) is 9.59 Å². The maximum atomic E-state index is 12.2. The standard InChI is InChI=1S/C23H25N3O2/c27-22-20(24-12-11-18-7-3-1-4-8-18)21(23(22)28)26-15-13-25(14-16-26)17-19-9-5-2-6-10-19/h1-10,24H,11-17H2. The highest BCUT2D eigenvalue weighted by atomic mass is 16.2. The highest BCUT2D eigenvalue weighted by Gasteiger charge is 2.28. The fraction of sp³-hybridized carbons (Fsp3) is 0.304. The summed E-state index contributed by atoms with van der Waals surface area (Å²) in [6.45, 7) is 4.88. The van der Waals surface area contributed by atoms with Gasteiger partial charge in [-0.15, -0.1) is 0 Å².